The highest BCUT2D eigenvalue weighted by Crippen LogP contribution is 2.32. The molecular formula is C16H14F3IO. The zero-order chi connectivity index (χ0) is 15.3. The Labute approximate surface area is 135 Å². The molecule has 0 N–H and O–H groups in total. The first-order valence-electron chi connectivity index (χ1n) is 6.49. The SMILES string of the molecule is FC(F)(F)c1cccc(Oc2ccc(CCCI)cc2)c1. The average Bonchev–Trinajstić information content (AvgIpc) is 2.46. The standard InChI is InChI=1S/C16H14F3IO/c17-16(18,19)13-4-1-5-15(11-13)21-14-8-6-12(7-9-14)3-2-10-20/h1,4-9,11H,2-3,10H2. The Morgan fingerprint density at radius 2 is 1.67 bits per heavy atom. The second-order valence-corrected chi connectivity index (χ2v) is 5.64. The molecule has 112 valence electrons. The molecule has 0 aliphatic heterocycles. The van der Waals surface area contributed by atoms with Gasteiger partial charge in [-0.2, -0.15) is 13.2 Å². The van der Waals surface area contributed by atoms with Crippen molar-refractivity contribution in [2.24, 2.45) is 0 Å². The van der Waals surface area contributed by atoms with Gasteiger partial charge in [0.05, 0.1) is 5.56 Å². The van der Waals surface area contributed by atoms with Crippen LogP contribution in [0.5, 0.6) is 11.5 Å². The van der Waals surface area contributed by atoms with E-state index in [1.807, 2.05) is 12.1 Å². The van der Waals surface area contributed by atoms with Crippen molar-refractivity contribution in [1.82, 2.24) is 0 Å². The Morgan fingerprint density at radius 3 is 2.29 bits per heavy atom. The number of hydrogen-bond acceptors (Lipinski definition) is 1. The molecule has 0 saturated heterocycles. The molecule has 0 aliphatic carbocycles. The van der Waals surface area contributed by atoms with Crippen molar-refractivity contribution in [3.63, 3.8) is 0 Å². The molecule has 0 amide bonds. The van der Waals surface area contributed by atoms with Gasteiger partial charge in [0.25, 0.3) is 0 Å². The van der Waals surface area contributed by atoms with Crippen LogP contribution in [0, 0.1) is 0 Å². The summed E-state index contributed by atoms with van der Waals surface area (Å²) >= 11 is 2.33. The van der Waals surface area contributed by atoms with Crippen LogP contribution in [0.1, 0.15) is 17.5 Å². The third-order valence-corrected chi connectivity index (χ3v) is 3.68. The van der Waals surface area contributed by atoms with E-state index in [9.17, 15) is 13.2 Å². The summed E-state index contributed by atoms with van der Waals surface area (Å²) in [4.78, 5) is 0. The van der Waals surface area contributed by atoms with Gasteiger partial charge in [-0.25, -0.2) is 0 Å². The first-order valence-corrected chi connectivity index (χ1v) is 8.01. The number of hydrogen-bond donors (Lipinski definition) is 0. The molecule has 0 unspecified atom stereocenters. The Morgan fingerprint density at radius 1 is 0.952 bits per heavy atom. The van der Waals surface area contributed by atoms with Gasteiger partial charge in [0.2, 0.25) is 0 Å². The predicted molar refractivity (Wildman–Crippen MR) is 85.2 cm³/mol. The highest BCUT2D eigenvalue weighted by Gasteiger charge is 2.30. The molecule has 5 heteroatoms. The van der Waals surface area contributed by atoms with E-state index in [1.54, 1.807) is 12.1 Å². The van der Waals surface area contributed by atoms with Gasteiger partial charge >= 0.3 is 6.18 Å². The van der Waals surface area contributed by atoms with Gasteiger partial charge in [0, 0.05) is 0 Å². The number of ether oxygens (including phenoxy) is 1. The van der Waals surface area contributed by atoms with E-state index >= 15 is 0 Å². The Kier molecular flexibility index (Phi) is 5.50. The van der Waals surface area contributed by atoms with Crippen LogP contribution < -0.4 is 4.74 Å². The minimum Gasteiger partial charge on any atom is -0.457 e. The van der Waals surface area contributed by atoms with Gasteiger partial charge in [0.1, 0.15) is 11.5 Å². The van der Waals surface area contributed by atoms with Crippen molar-refractivity contribution in [2.45, 2.75) is 19.0 Å². The van der Waals surface area contributed by atoms with Gasteiger partial charge in [0.15, 0.2) is 0 Å². The number of rotatable bonds is 5. The molecule has 21 heavy (non-hydrogen) atoms. The van der Waals surface area contributed by atoms with Crippen molar-refractivity contribution in [1.29, 1.82) is 0 Å². The van der Waals surface area contributed by atoms with Gasteiger partial charge in [-0.1, -0.05) is 40.8 Å². The topological polar surface area (TPSA) is 9.23 Å². The van der Waals surface area contributed by atoms with Crippen molar-refractivity contribution in [3.8, 4) is 11.5 Å². The molecule has 0 bridgehead atoms. The Hall–Kier alpha value is -1.24. The van der Waals surface area contributed by atoms with Crippen LogP contribution in [-0.2, 0) is 12.6 Å². The van der Waals surface area contributed by atoms with E-state index < -0.39 is 11.7 Å². The fourth-order valence-corrected chi connectivity index (χ4v) is 2.25. The van der Waals surface area contributed by atoms with Crippen LogP contribution in [0.2, 0.25) is 0 Å². The molecule has 0 radical (unpaired) electrons. The van der Waals surface area contributed by atoms with Crippen LogP contribution in [0.25, 0.3) is 0 Å². The lowest BCUT2D eigenvalue weighted by atomic mass is 10.1. The van der Waals surface area contributed by atoms with E-state index in [4.69, 9.17) is 4.74 Å². The maximum absolute atomic E-state index is 12.6. The lowest BCUT2D eigenvalue weighted by Crippen LogP contribution is -2.04. The summed E-state index contributed by atoms with van der Waals surface area (Å²) in [7, 11) is 0. The normalized spacial score (nSPS) is 11.4. The molecule has 0 saturated carbocycles. The first kappa shape index (κ1) is 16.1. The summed E-state index contributed by atoms with van der Waals surface area (Å²) < 4.78 is 44.4. The molecular weight excluding hydrogens is 392 g/mol. The van der Waals surface area contributed by atoms with Crippen molar-refractivity contribution < 1.29 is 17.9 Å². The van der Waals surface area contributed by atoms with Gasteiger partial charge in [-0.05, 0) is 53.2 Å². The number of alkyl halides is 4. The van der Waals surface area contributed by atoms with Gasteiger partial charge in [-0.15, -0.1) is 0 Å². The van der Waals surface area contributed by atoms with E-state index in [0.29, 0.717) is 5.75 Å². The molecule has 0 heterocycles. The Bertz CT molecular complexity index is 579. The minimum atomic E-state index is -4.36. The lowest BCUT2D eigenvalue weighted by molar-refractivity contribution is -0.137. The van der Waals surface area contributed by atoms with E-state index in [0.717, 1.165) is 29.4 Å². The lowest BCUT2D eigenvalue weighted by Gasteiger charge is -2.10. The quantitative estimate of drug-likeness (QED) is 0.446. The van der Waals surface area contributed by atoms with E-state index in [-0.39, 0.29) is 5.75 Å². The van der Waals surface area contributed by atoms with Gasteiger partial charge < -0.3 is 4.74 Å². The zero-order valence-electron chi connectivity index (χ0n) is 11.2. The maximum atomic E-state index is 12.6. The highest BCUT2D eigenvalue weighted by molar-refractivity contribution is 14.1. The summed E-state index contributed by atoms with van der Waals surface area (Å²) in [6.45, 7) is 0. The molecule has 0 spiro atoms. The maximum Gasteiger partial charge on any atom is 0.416 e. The molecule has 1 nitrogen and oxygen atoms in total. The third kappa shape index (κ3) is 4.91. The summed E-state index contributed by atoms with van der Waals surface area (Å²) in [6, 6.07) is 12.3. The number of halogens is 4. The molecule has 2 aromatic carbocycles. The van der Waals surface area contributed by atoms with Crippen LogP contribution in [0.15, 0.2) is 48.5 Å². The zero-order valence-corrected chi connectivity index (χ0v) is 13.3. The van der Waals surface area contributed by atoms with Crippen LogP contribution in [0.3, 0.4) is 0 Å². The van der Waals surface area contributed by atoms with Crippen LogP contribution >= 0.6 is 22.6 Å². The van der Waals surface area contributed by atoms with Crippen LogP contribution in [-0.4, -0.2) is 4.43 Å². The summed E-state index contributed by atoms with van der Waals surface area (Å²) in [5, 5.41) is 0. The monoisotopic (exact) mass is 406 g/mol. The third-order valence-electron chi connectivity index (χ3n) is 2.92. The van der Waals surface area contributed by atoms with Crippen molar-refractivity contribution in [3.05, 3.63) is 59.7 Å². The summed E-state index contributed by atoms with van der Waals surface area (Å²) in [5.74, 6) is 0.720. The van der Waals surface area contributed by atoms with Crippen molar-refractivity contribution in [2.75, 3.05) is 4.43 Å². The average molecular weight is 406 g/mol. The van der Waals surface area contributed by atoms with Crippen molar-refractivity contribution >= 4 is 22.6 Å². The smallest absolute Gasteiger partial charge is 0.416 e. The molecule has 2 rings (SSSR count). The Balaban J connectivity index is 2.08. The predicted octanol–water partition coefficient (Wildman–Crippen LogP) is 5.87. The molecule has 2 aromatic rings. The number of aryl methyl sites for hydroxylation is 1. The van der Waals surface area contributed by atoms with Crippen LogP contribution in [0.4, 0.5) is 13.2 Å². The summed E-state index contributed by atoms with van der Waals surface area (Å²) in [5.41, 5.74) is 0.488. The largest absolute Gasteiger partial charge is 0.457 e. The van der Waals surface area contributed by atoms with E-state index in [1.165, 1.54) is 17.7 Å². The molecule has 0 atom stereocenters. The number of benzene rings is 2. The summed E-state index contributed by atoms with van der Waals surface area (Å²) in [6.07, 6.45) is -2.26. The fraction of sp³-hybridized carbons (Fsp3) is 0.250. The van der Waals surface area contributed by atoms with Gasteiger partial charge in [-0.3, -0.25) is 0 Å². The molecule has 0 aliphatic rings. The first-order chi connectivity index (χ1) is 9.99. The second kappa shape index (κ2) is 7.15. The second-order valence-electron chi connectivity index (χ2n) is 4.56. The minimum absolute atomic E-state index is 0.185. The van der Waals surface area contributed by atoms with E-state index in [2.05, 4.69) is 22.6 Å². The molecule has 0 aromatic heterocycles. The molecule has 0 fully saturated rings. The fourth-order valence-electron chi connectivity index (χ4n) is 1.87. The highest BCUT2D eigenvalue weighted by atomic mass is 127.